The normalized spacial score (nSPS) is 39.0. The largest absolute Gasteiger partial charge is 0.373 e. The Kier molecular flexibility index (Phi) is 3.34. The summed E-state index contributed by atoms with van der Waals surface area (Å²) in [5, 5.41) is 0. The maximum atomic E-state index is 4.95. The molecule has 11 heavy (non-hydrogen) atoms. The minimum absolute atomic E-state index is 0.551. The quantitative estimate of drug-likeness (QED) is 0.574. The molecule has 3 unspecified atom stereocenters. The van der Waals surface area contributed by atoms with Crippen molar-refractivity contribution >= 4 is 0 Å². The Bertz CT molecular complexity index is 104. The van der Waals surface area contributed by atoms with Gasteiger partial charge in [0.25, 0.3) is 0 Å². The molecule has 2 fully saturated rings. The third-order valence-electron chi connectivity index (χ3n) is 2.03. The predicted octanol–water partition coefficient (Wildman–Crippen LogP) is 1.98. The molecule has 0 aromatic rings. The predicted molar refractivity (Wildman–Crippen MR) is 44.7 cm³/mol. The molecule has 3 atom stereocenters. The van der Waals surface area contributed by atoms with Gasteiger partial charge in [-0.3, -0.25) is 0 Å². The lowest BCUT2D eigenvalue weighted by molar-refractivity contribution is 0.389. The first-order valence-electron chi connectivity index (χ1n) is 4.51. The van der Waals surface area contributed by atoms with E-state index in [0.29, 0.717) is 18.3 Å². The smallest absolute Gasteiger partial charge is 0.0811 e. The van der Waals surface area contributed by atoms with Crippen LogP contribution >= 0.6 is 0 Å². The second-order valence-corrected chi connectivity index (χ2v) is 3.29. The Morgan fingerprint density at radius 1 is 1.27 bits per heavy atom. The highest BCUT2D eigenvalue weighted by molar-refractivity contribution is 4.73. The van der Waals surface area contributed by atoms with E-state index >= 15 is 0 Å². The zero-order valence-electron chi connectivity index (χ0n) is 7.67. The van der Waals surface area contributed by atoms with Gasteiger partial charge in [-0.05, 0) is 20.3 Å². The summed E-state index contributed by atoms with van der Waals surface area (Å²) in [6, 6.07) is 0. The Morgan fingerprint density at radius 2 is 1.73 bits per heavy atom. The van der Waals surface area contributed by atoms with Gasteiger partial charge in [-0.15, -0.1) is 0 Å². The summed E-state index contributed by atoms with van der Waals surface area (Å²) in [4.78, 5) is 0. The van der Waals surface area contributed by atoms with Gasteiger partial charge in [-0.1, -0.05) is 13.3 Å². The third-order valence-corrected chi connectivity index (χ3v) is 2.03. The maximum absolute atomic E-state index is 4.95. The van der Waals surface area contributed by atoms with E-state index in [0.717, 1.165) is 6.61 Å². The van der Waals surface area contributed by atoms with Crippen molar-refractivity contribution < 1.29 is 9.47 Å². The van der Waals surface area contributed by atoms with Crippen molar-refractivity contribution in [2.45, 2.75) is 51.9 Å². The van der Waals surface area contributed by atoms with Crippen LogP contribution in [0.5, 0.6) is 0 Å². The molecule has 0 spiro atoms. The van der Waals surface area contributed by atoms with Crippen molar-refractivity contribution in [3.05, 3.63) is 0 Å². The van der Waals surface area contributed by atoms with Gasteiger partial charge in [0.05, 0.1) is 24.9 Å². The highest BCUT2D eigenvalue weighted by Crippen LogP contribution is 2.18. The maximum Gasteiger partial charge on any atom is 0.0811 e. The molecule has 0 N–H and O–H groups in total. The average Bonchev–Trinajstić information content (AvgIpc) is 2.80. The molecule has 0 aliphatic carbocycles. The third kappa shape index (κ3) is 4.38. The Labute approximate surface area is 68.9 Å². The molecule has 2 rings (SSSR count). The van der Waals surface area contributed by atoms with Crippen LogP contribution in [0.3, 0.4) is 0 Å². The van der Waals surface area contributed by atoms with Crippen molar-refractivity contribution in [1.82, 2.24) is 0 Å². The van der Waals surface area contributed by atoms with Crippen LogP contribution < -0.4 is 0 Å². The molecule has 2 saturated heterocycles. The molecule has 66 valence electrons. The highest BCUT2D eigenvalue weighted by atomic mass is 16.6. The van der Waals surface area contributed by atoms with Crippen LogP contribution in [0, 0.1) is 0 Å². The molecular formula is C9H18O2. The van der Waals surface area contributed by atoms with Gasteiger partial charge in [0, 0.05) is 0 Å². The van der Waals surface area contributed by atoms with Gasteiger partial charge in [-0.25, -0.2) is 0 Å². The minimum atomic E-state index is 0.551. The summed E-state index contributed by atoms with van der Waals surface area (Å²) in [5.41, 5.74) is 0. The zero-order valence-corrected chi connectivity index (χ0v) is 7.67. The topological polar surface area (TPSA) is 25.1 Å². The number of rotatable bonds is 2. The van der Waals surface area contributed by atoms with Gasteiger partial charge >= 0.3 is 0 Å². The summed E-state index contributed by atoms with van der Waals surface area (Å²) in [6.45, 7) is 7.35. The fourth-order valence-electron chi connectivity index (χ4n) is 0.850. The Balaban J connectivity index is 0.000000112. The van der Waals surface area contributed by atoms with Crippen LogP contribution in [0.2, 0.25) is 0 Å². The molecular weight excluding hydrogens is 140 g/mol. The lowest BCUT2D eigenvalue weighted by Gasteiger charge is -1.79. The summed E-state index contributed by atoms with van der Waals surface area (Å²) >= 11 is 0. The molecule has 0 radical (unpaired) electrons. The number of epoxide rings is 2. The van der Waals surface area contributed by atoms with E-state index in [2.05, 4.69) is 20.8 Å². The number of hydrogen-bond donors (Lipinski definition) is 0. The average molecular weight is 158 g/mol. The Morgan fingerprint density at radius 3 is 1.82 bits per heavy atom. The first-order valence-corrected chi connectivity index (χ1v) is 4.51. The molecule has 0 saturated carbocycles. The van der Waals surface area contributed by atoms with E-state index in [-0.39, 0.29) is 0 Å². The first-order chi connectivity index (χ1) is 5.24. The molecule has 0 aromatic heterocycles. The molecule has 0 bridgehead atoms. The summed E-state index contributed by atoms with van der Waals surface area (Å²) in [6.07, 6.45) is 4.28. The lowest BCUT2D eigenvalue weighted by atomic mass is 10.3. The second kappa shape index (κ2) is 4.07. The molecule has 2 heterocycles. The van der Waals surface area contributed by atoms with Crippen LogP contribution in [-0.2, 0) is 9.47 Å². The van der Waals surface area contributed by atoms with E-state index in [1.807, 2.05) is 0 Å². The Hall–Kier alpha value is -0.0800. The van der Waals surface area contributed by atoms with Gasteiger partial charge < -0.3 is 9.47 Å². The van der Waals surface area contributed by atoms with Crippen molar-refractivity contribution in [2.75, 3.05) is 6.61 Å². The monoisotopic (exact) mass is 158 g/mol. The van der Waals surface area contributed by atoms with Gasteiger partial charge in [-0.2, -0.15) is 0 Å². The molecule has 0 aromatic carbocycles. The van der Waals surface area contributed by atoms with Crippen LogP contribution in [0.25, 0.3) is 0 Å². The van der Waals surface area contributed by atoms with E-state index in [9.17, 15) is 0 Å². The van der Waals surface area contributed by atoms with Crippen molar-refractivity contribution in [3.63, 3.8) is 0 Å². The minimum Gasteiger partial charge on any atom is -0.373 e. The number of hydrogen-bond acceptors (Lipinski definition) is 2. The van der Waals surface area contributed by atoms with E-state index in [1.54, 1.807) is 0 Å². The van der Waals surface area contributed by atoms with Gasteiger partial charge in [0.15, 0.2) is 0 Å². The SMILES string of the molecule is CC1OC1C.CCCC1CO1. The standard InChI is InChI=1S/C5H10O.C4H8O/c1-2-3-5-4-6-5;1-3-4(2)5-3/h5H,2-4H2,1H3;3-4H,1-2H3. The first kappa shape index (κ1) is 9.01. The molecule has 2 aliphatic rings. The molecule has 2 heteroatoms. The van der Waals surface area contributed by atoms with Crippen LogP contribution in [0.1, 0.15) is 33.6 Å². The zero-order chi connectivity index (χ0) is 8.27. The summed E-state index contributed by atoms with van der Waals surface area (Å²) in [7, 11) is 0. The van der Waals surface area contributed by atoms with Crippen LogP contribution in [0.15, 0.2) is 0 Å². The van der Waals surface area contributed by atoms with Gasteiger partial charge in [0.2, 0.25) is 0 Å². The van der Waals surface area contributed by atoms with Crippen LogP contribution in [0.4, 0.5) is 0 Å². The van der Waals surface area contributed by atoms with Crippen molar-refractivity contribution in [1.29, 1.82) is 0 Å². The van der Waals surface area contributed by atoms with Crippen LogP contribution in [-0.4, -0.2) is 24.9 Å². The van der Waals surface area contributed by atoms with E-state index < -0.39 is 0 Å². The molecule has 0 amide bonds. The molecule has 2 aliphatic heterocycles. The second-order valence-electron chi connectivity index (χ2n) is 3.29. The van der Waals surface area contributed by atoms with E-state index in [1.165, 1.54) is 12.8 Å². The fraction of sp³-hybridized carbons (Fsp3) is 1.00. The lowest BCUT2D eigenvalue weighted by Crippen LogP contribution is -1.78. The fourth-order valence-corrected chi connectivity index (χ4v) is 0.850. The highest BCUT2D eigenvalue weighted by Gasteiger charge is 2.27. The molecule has 2 nitrogen and oxygen atoms in total. The van der Waals surface area contributed by atoms with Gasteiger partial charge in [0.1, 0.15) is 0 Å². The van der Waals surface area contributed by atoms with E-state index in [4.69, 9.17) is 9.47 Å². The van der Waals surface area contributed by atoms with Crippen molar-refractivity contribution in [3.8, 4) is 0 Å². The summed E-state index contributed by atoms with van der Waals surface area (Å²) in [5.74, 6) is 0. The summed E-state index contributed by atoms with van der Waals surface area (Å²) < 4.78 is 9.87. The van der Waals surface area contributed by atoms with Crippen molar-refractivity contribution in [2.24, 2.45) is 0 Å². The number of ether oxygens (including phenoxy) is 2.